The maximum absolute atomic E-state index is 6.19. The van der Waals surface area contributed by atoms with Gasteiger partial charge in [0.15, 0.2) is 0 Å². The van der Waals surface area contributed by atoms with E-state index < -0.39 is 0 Å². The third kappa shape index (κ3) is 4.53. The second kappa shape index (κ2) is 10.1. The Morgan fingerprint density at radius 3 is 1.93 bits per heavy atom. The summed E-state index contributed by atoms with van der Waals surface area (Å²) >= 11 is 0. The number of aryl methyl sites for hydroxylation is 1. The number of nitrogens with zero attached hydrogens (tertiary/aromatic N) is 1. The van der Waals surface area contributed by atoms with Gasteiger partial charge in [0.25, 0.3) is 0 Å². The van der Waals surface area contributed by atoms with Crippen molar-refractivity contribution < 1.29 is 0 Å². The first-order chi connectivity index (χ1) is 20.0. The highest BCUT2D eigenvalue weighted by molar-refractivity contribution is 6.27. The van der Waals surface area contributed by atoms with Crippen LogP contribution in [0.15, 0.2) is 120 Å². The van der Waals surface area contributed by atoms with Crippen LogP contribution in [0.2, 0.25) is 0 Å². The topological polar surface area (TPSA) is 41.3 Å². The predicted octanol–water partition coefficient (Wildman–Crippen LogP) is 10.4. The molecule has 0 aliphatic heterocycles. The Balaban J connectivity index is 1.44. The molecule has 0 bridgehead atoms. The maximum atomic E-state index is 6.19. The molecule has 0 spiro atoms. The van der Waals surface area contributed by atoms with Crippen molar-refractivity contribution in [3.05, 3.63) is 132 Å². The molecule has 7 rings (SSSR count). The Kier molecular flexibility index (Phi) is 6.25. The van der Waals surface area contributed by atoms with E-state index >= 15 is 0 Å². The Hall–Kier alpha value is -4.60. The van der Waals surface area contributed by atoms with E-state index in [1.807, 2.05) is 6.92 Å². The van der Waals surface area contributed by atoms with Crippen molar-refractivity contribution >= 4 is 55.1 Å². The molecule has 6 aromatic carbocycles. The number of hydrogen-bond acceptors (Lipinski definition) is 3. The van der Waals surface area contributed by atoms with Gasteiger partial charge in [-0.1, -0.05) is 77.9 Å². The molecule has 0 amide bonds. The first-order valence-corrected chi connectivity index (χ1v) is 14.5. The summed E-state index contributed by atoms with van der Waals surface area (Å²) in [5.41, 5.74) is 15.8. The van der Waals surface area contributed by atoms with Crippen LogP contribution in [0, 0.1) is 6.92 Å². The molecule has 3 nitrogen and oxygen atoms in total. The normalized spacial score (nSPS) is 14.3. The van der Waals surface area contributed by atoms with Gasteiger partial charge in [0, 0.05) is 39.6 Å². The highest BCUT2D eigenvalue weighted by Gasteiger charge is 2.19. The van der Waals surface area contributed by atoms with Gasteiger partial charge < -0.3 is 16.0 Å². The third-order valence-electron chi connectivity index (χ3n) is 8.50. The minimum Gasteiger partial charge on any atom is -0.358 e. The van der Waals surface area contributed by atoms with E-state index in [1.54, 1.807) is 0 Å². The quantitative estimate of drug-likeness (QED) is 0.209. The number of hydrogen-bond donors (Lipinski definition) is 2. The molecular weight excluding hydrogens is 498 g/mol. The van der Waals surface area contributed by atoms with Gasteiger partial charge >= 0.3 is 0 Å². The monoisotopic (exact) mass is 533 g/mol. The minimum absolute atomic E-state index is 0.00126. The van der Waals surface area contributed by atoms with Crippen LogP contribution in [0.1, 0.15) is 43.9 Å². The van der Waals surface area contributed by atoms with Crippen LogP contribution in [-0.4, -0.2) is 0 Å². The summed E-state index contributed by atoms with van der Waals surface area (Å²) in [5, 5.41) is 11.4. The number of rotatable bonds is 6. The van der Waals surface area contributed by atoms with Crippen molar-refractivity contribution in [3.8, 4) is 0 Å². The number of anilines is 4. The molecule has 41 heavy (non-hydrogen) atoms. The molecule has 3 N–H and O–H groups in total. The van der Waals surface area contributed by atoms with Gasteiger partial charge in [-0.15, -0.1) is 0 Å². The lowest BCUT2D eigenvalue weighted by Crippen LogP contribution is -2.11. The smallest absolute Gasteiger partial charge is 0.0540 e. The van der Waals surface area contributed by atoms with Crippen LogP contribution in [0.3, 0.4) is 0 Å². The van der Waals surface area contributed by atoms with E-state index in [0.717, 1.165) is 29.8 Å². The summed E-state index contributed by atoms with van der Waals surface area (Å²) in [7, 11) is 0. The molecular formula is C38H35N3. The highest BCUT2D eigenvalue weighted by atomic mass is 15.1. The van der Waals surface area contributed by atoms with Gasteiger partial charge in [0.2, 0.25) is 0 Å². The van der Waals surface area contributed by atoms with Crippen molar-refractivity contribution in [1.82, 2.24) is 0 Å². The molecule has 3 heteroatoms. The predicted molar refractivity (Wildman–Crippen MR) is 177 cm³/mol. The van der Waals surface area contributed by atoms with Crippen molar-refractivity contribution in [3.63, 3.8) is 0 Å². The fraction of sp³-hybridized carbons (Fsp3) is 0.158. The largest absolute Gasteiger partial charge is 0.358 e. The number of benzene rings is 6. The zero-order chi connectivity index (χ0) is 28.1. The van der Waals surface area contributed by atoms with Crippen molar-refractivity contribution in [2.75, 3.05) is 10.2 Å². The lowest BCUT2D eigenvalue weighted by Gasteiger charge is -2.28. The second-order valence-corrected chi connectivity index (χ2v) is 11.5. The summed E-state index contributed by atoms with van der Waals surface area (Å²) in [4.78, 5) is 2.37. The average molecular weight is 534 g/mol. The van der Waals surface area contributed by atoms with E-state index in [-0.39, 0.29) is 6.04 Å². The highest BCUT2D eigenvalue weighted by Crippen LogP contribution is 2.45. The zero-order valence-corrected chi connectivity index (χ0v) is 23.9. The van der Waals surface area contributed by atoms with Crippen LogP contribution < -0.4 is 16.0 Å². The molecule has 0 aromatic heterocycles. The molecule has 6 aromatic rings. The van der Waals surface area contributed by atoms with Gasteiger partial charge in [0.1, 0.15) is 0 Å². The number of nitrogens with two attached hydrogens (primary N) is 1. The molecule has 0 saturated heterocycles. The first kappa shape index (κ1) is 25.4. The van der Waals surface area contributed by atoms with Gasteiger partial charge in [-0.2, -0.15) is 0 Å². The second-order valence-electron chi connectivity index (χ2n) is 11.5. The van der Waals surface area contributed by atoms with Crippen molar-refractivity contribution in [2.45, 2.75) is 39.7 Å². The van der Waals surface area contributed by atoms with Gasteiger partial charge in [0.05, 0.1) is 5.69 Å². The van der Waals surface area contributed by atoms with Crippen LogP contribution in [0.4, 0.5) is 22.7 Å². The number of allylic oxidation sites excluding steroid dienone is 4. The summed E-state index contributed by atoms with van der Waals surface area (Å²) in [6, 6.07) is 35.6. The minimum atomic E-state index is -0.00126. The Labute approximate surface area is 241 Å². The van der Waals surface area contributed by atoms with Crippen molar-refractivity contribution in [1.29, 1.82) is 0 Å². The fourth-order valence-electron chi connectivity index (χ4n) is 6.16. The van der Waals surface area contributed by atoms with E-state index in [9.17, 15) is 0 Å². The van der Waals surface area contributed by atoms with Gasteiger partial charge in [-0.05, 0) is 103 Å². The standard InChI is InChI=1S/C38H35N3/c1-24-4-14-30(15-5-24)40-35-22-12-28-11-21-34-36(23-13-29-10-20-33(35)37(28)38(29)34)41(31-16-6-25(2)7-17-31)32-18-8-27(9-19-32)26(3)39/h4,6-14,16-23,26,40H,5,15,39H2,1-3H3. The maximum Gasteiger partial charge on any atom is 0.0540 e. The van der Waals surface area contributed by atoms with Crippen LogP contribution in [0.25, 0.3) is 32.3 Å². The lowest BCUT2D eigenvalue weighted by atomic mass is 9.92. The summed E-state index contributed by atoms with van der Waals surface area (Å²) in [5.74, 6) is 0. The third-order valence-corrected chi connectivity index (χ3v) is 8.50. The van der Waals surface area contributed by atoms with Gasteiger partial charge in [-0.3, -0.25) is 0 Å². The molecule has 202 valence electrons. The summed E-state index contributed by atoms with van der Waals surface area (Å²) in [6.07, 6.45) is 6.61. The number of nitrogens with one attached hydrogen (secondary N) is 1. The molecule has 1 aliphatic carbocycles. The molecule has 1 aliphatic rings. The lowest BCUT2D eigenvalue weighted by molar-refractivity contribution is 0.818. The summed E-state index contributed by atoms with van der Waals surface area (Å²) < 4.78 is 0. The molecule has 0 radical (unpaired) electrons. The van der Waals surface area contributed by atoms with E-state index in [1.165, 1.54) is 60.5 Å². The fourth-order valence-corrected chi connectivity index (χ4v) is 6.16. The Morgan fingerprint density at radius 1 is 0.659 bits per heavy atom. The van der Waals surface area contributed by atoms with Gasteiger partial charge in [-0.25, -0.2) is 0 Å². The average Bonchev–Trinajstić information content (AvgIpc) is 2.99. The van der Waals surface area contributed by atoms with E-state index in [2.05, 4.69) is 133 Å². The van der Waals surface area contributed by atoms with E-state index in [0.29, 0.717) is 0 Å². The summed E-state index contributed by atoms with van der Waals surface area (Å²) in [6.45, 7) is 6.36. The molecule has 1 atom stereocenters. The molecule has 0 saturated carbocycles. The molecule has 0 heterocycles. The Bertz CT molecular complexity index is 1940. The Morgan fingerprint density at radius 2 is 1.27 bits per heavy atom. The van der Waals surface area contributed by atoms with Crippen molar-refractivity contribution in [2.24, 2.45) is 5.73 Å². The molecule has 1 unspecified atom stereocenters. The van der Waals surface area contributed by atoms with Crippen LogP contribution >= 0.6 is 0 Å². The SMILES string of the molecule is CC1=CC=C(Nc2ccc3ccc4c(N(c5ccc(C)cc5)c5ccc(C(C)N)cc5)ccc5ccc2c3c54)CC1. The first-order valence-electron chi connectivity index (χ1n) is 14.5. The van der Waals surface area contributed by atoms with Crippen LogP contribution in [0.5, 0.6) is 0 Å². The molecule has 0 fully saturated rings. The zero-order valence-electron chi connectivity index (χ0n) is 23.9. The van der Waals surface area contributed by atoms with Crippen LogP contribution in [-0.2, 0) is 0 Å². The van der Waals surface area contributed by atoms with E-state index in [4.69, 9.17) is 5.73 Å².